The van der Waals surface area contributed by atoms with Crippen LogP contribution in [0.4, 0.5) is 0 Å². The topological polar surface area (TPSA) is 36.4 Å². The van der Waals surface area contributed by atoms with Crippen LogP contribution in [0.15, 0.2) is 18.3 Å². The highest BCUT2D eigenvalue weighted by atomic mass is 35.5. The molecule has 0 unspecified atom stereocenters. The number of hydrogen-bond donors (Lipinski definition) is 0. The van der Waals surface area contributed by atoms with Gasteiger partial charge in [0.1, 0.15) is 5.69 Å². The van der Waals surface area contributed by atoms with Crippen LogP contribution >= 0.6 is 11.6 Å². The molecule has 2 heterocycles. The number of nitrogens with zero attached hydrogens (tertiary/aromatic N) is 3. The molecule has 1 aliphatic rings. The van der Waals surface area contributed by atoms with Gasteiger partial charge in [0, 0.05) is 42.9 Å². The van der Waals surface area contributed by atoms with E-state index in [0.29, 0.717) is 10.7 Å². The Kier molecular flexibility index (Phi) is 4.11. The minimum absolute atomic E-state index is 0.0314. The summed E-state index contributed by atoms with van der Waals surface area (Å²) < 4.78 is 0. The Bertz CT molecular complexity index is 462. The lowest BCUT2D eigenvalue weighted by atomic mass is 10.0. The summed E-state index contributed by atoms with van der Waals surface area (Å²) in [4.78, 5) is 20.6. The summed E-state index contributed by atoms with van der Waals surface area (Å²) in [6.07, 6.45) is 1.57. The Labute approximate surface area is 119 Å². The first-order valence-corrected chi connectivity index (χ1v) is 6.91. The van der Waals surface area contributed by atoms with Crippen molar-refractivity contribution in [3.05, 3.63) is 29.0 Å². The van der Waals surface area contributed by atoms with Crippen LogP contribution in [0.3, 0.4) is 0 Å². The second-order valence-corrected chi connectivity index (χ2v) is 6.25. The van der Waals surface area contributed by atoms with Gasteiger partial charge in [0.25, 0.3) is 5.91 Å². The van der Waals surface area contributed by atoms with Gasteiger partial charge in [0.2, 0.25) is 0 Å². The number of halogens is 1. The van der Waals surface area contributed by atoms with Gasteiger partial charge in [-0.2, -0.15) is 0 Å². The minimum atomic E-state index is -0.0314. The Morgan fingerprint density at radius 3 is 2.42 bits per heavy atom. The van der Waals surface area contributed by atoms with Crippen molar-refractivity contribution in [1.29, 1.82) is 0 Å². The standard InChI is InChI=1S/C14H20ClN3O/c1-14(2,3)18-8-6-17(7-9-18)13(19)12-10-11(15)4-5-16-12/h4-5,10H,6-9H2,1-3H3. The van der Waals surface area contributed by atoms with Gasteiger partial charge in [-0.1, -0.05) is 11.6 Å². The van der Waals surface area contributed by atoms with Crippen LogP contribution in [0.1, 0.15) is 31.3 Å². The molecule has 5 heteroatoms. The van der Waals surface area contributed by atoms with E-state index in [1.807, 2.05) is 4.90 Å². The van der Waals surface area contributed by atoms with E-state index in [-0.39, 0.29) is 11.4 Å². The summed E-state index contributed by atoms with van der Waals surface area (Å²) >= 11 is 5.89. The van der Waals surface area contributed by atoms with E-state index < -0.39 is 0 Å². The van der Waals surface area contributed by atoms with E-state index in [4.69, 9.17) is 11.6 Å². The lowest BCUT2D eigenvalue weighted by Gasteiger charge is -2.42. The highest BCUT2D eigenvalue weighted by Crippen LogP contribution is 2.17. The highest BCUT2D eigenvalue weighted by molar-refractivity contribution is 6.30. The predicted octanol–water partition coefficient (Wildman–Crippen LogP) is 2.29. The first-order valence-electron chi connectivity index (χ1n) is 6.54. The zero-order valence-corrected chi connectivity index (χ0v) is 12.4. The number of carbonyl (C=O) groups is 1. The molecule has 19 heavy (non-hydrogen) atoms. The normalized spacial score (nSPS) is 17.6. The molecule has 0 saturated carbocycles. The average molecular weight is 282 g/mol. The van der Waals surface area contributed by atoms with Gasteiger partial charge in [-0.25, -0.2) is 0 Å². The zero-order valence-electron chi connectivity index (χ0n) is 11.7. The predicted molar refractivity (Wildman–Crippen MR) is 76.5 cm³/mol. The van der Waals surface area contributed by atoms with Crippen molar-refractivity contribution in [2.24, 2.45) is 0 Å². The van der Waals surface area contributed by atoms with Crippen molar-refractivity contribution in [3.8, 4) is 0 Å². The lowest BCUT2D eigenvalue weighted by molar-refractivity contribution is 0.0447. The molecule has 0 aliphatic carbocycles. The number of amides is 1. The molecule has 1 aliphatic heterocycles. The van der Waals surface area contributed by atoms with Crippen molar-refractivity contribution in [3.63, 3.8) is 0 Å². The Morgan fingerprint density at radius 2 is 1.89 bits per heavy atom. The smallest absolute Gasteiger partial charge is 0.272 e. The first kappa shape index (κ1) is 14.3. The summed E-state index contributed by atoms with van der Waals surface area (Å²) in [6.45, 7) is 9.87. The number of carbonyl (C=O) groups excluding carboxylic acids is 1. The fraction of sp³-hybridized carbons (Fsp3) is 0.571. The van der Waals surface area contributed by atoms with Crippen LogP contribution in [0.25, 0.3) is 0 Å². The van der Waals surface area contributed by atoms with E-state index in [1.54, 1.807) is 18.3 Å². The summed E-state index contributed by atoms with van der Waals surface area (Å²) in [5, 5.41) is 0.548. The van der Waals surface area contributed by atoms with Crippen LogP contribution in [-0.2, 0) is 0 Å². The molecule has 0 aromatic carbocycles. The van der Waals surface area contributed by atoms with Gasteiger partial charge in [0.05, 0.1) is 0 Å². The highest BCUT2D eigenvalue weighted by Gasteiger charge is 2.28. The zero-order chi connectivity index (χ0) is 14.0. The summed E-state index contributed by atoms with van der Waals surface area (Å²) in [5.74, 6) is -0.0314. The van der Waals surface area contributed by atoms with E-state index in [2.05, 4.69) is 30.7 Å². The molecule has 4 nitrogen and oxygen atoms in total. The number of piperazine rings is 1. The maximum absolute atomic E-state index is 12.3. The largest absolute Gasteiger partial charge is 0.335 e. The number of pyridine rings is 1. The molecular weight excluding hydrogens is 262 g/mol. The second-order valence-electron chi connectivity index (χ2n) is 5.81. The van der Waals surface area contributed by atoms with Gasteiger partial charge in [-0.3, -0.25) is 14.7 Å². The molecule has 1 amide bonds. The van der Waals surface area contributed by atoms with Crippen LogP contribution in [0.5, 0.6) is 0 Å². The lowest BCUT2D eigenvalue weighted by Crippen LogP contribution is -2.54. The van der Waals surface area contributed by atoms with Crippen molar-refractivity contribution in [2.75, 3.05) is 26.2 Å². The monoisotopic (exact) mass is 281 g/mol. The molecule has 1 aromatic heterocycles. The first-order chi connectivity index (χ1) is 8.88. The Balaban J connectivity index is 2.00. The van der Waals surface area contributed by atoms with Gasteiger partial charge < -0.3 is 4.90 Å². The van der Waals surface area contributed by atoms with E-state index in [0.717, 1.165) is 26.2 Å². The number of aromatic nitrogens is 1. The van der Waals surface area contributed by atoms with Crippen LogP contribution in [-0.4, -0.2) is 52.4 Å². The molecule has 1 saturated heterocycles. The summed E-state index contributed by atoms with van der Waals surface area (Å²) in [5.41, 5.74) is 0.584. The van der Waals surface area contributed by atoms with E-state index in [9.17, 15) is 4.79 Å². The van der Waals surface area contributed by atoms with E-state index in [1.165, 1.54) is 0 Å². The van der Waals surface area contributed by atoms with Crippen LogP contribution < -0.4 is 0 Å². The fourth-order valence-electron chi connectivity index (χ4n) is 2.26. The maximum atomic E-state index is 12.3. The van der Waals surface area contributed by atoms with Gasteiger partial charge in [-0.05, 0) is 32.9 Å². The minimum Gasteiger partial charge on any atom is -0.335 e. The van der Waals surface area contributed by atoms with Gasteiger partial charge in [0.15, 0.2) is 0 Å². The third-order valence-electron chi connectivity index (χ3n) is 3.46. The molecule has 0 bridgehead atoms. The number of rotatable bonds is 1. The molecule has 0 radical (unpaired) electrons. The molecule has 0 spiro atoms. The van der Waals surface area contributed by atoms with Crippen molar-refractivity contribution < 1.29 is 4.79 Å². The molecule has 0 N–H and O–H groups in total. The molecule has 1 fully saturated rings. The van der Waals surface area contributed by atoms with Crippen LogP contribution in [0, 0.1) is 0 Å². The van der Waals surface area contributed by atoms with Crippen molar-refractivity contribution >= 4 is 17.5 Å². The average Bonchev–Trinajstić information content (AvgIpc) is 2.37. The summed E-state index contributed by atoms with van der Waals surface area (Å²) in [7, 11) is 0. The number of hydrogen-bond acceptors (Lipinski definition) is 3. The summed E-state index contributed by atoms with van der Waals surface area (Å²) in [6, 6.07) is 3.30. The molecule has 1 aromatic rings. The van der Waals surface area contributed by atoms with Crippen LogP contribution in [0.2, 0.25) is 5.02 Å². The quantitative estimate of drug-likeness (QED) is 0.792. The third-order valence-corrected chi connectivity index (χ3v) is 3.69. The second kappa shape index (κ2) is 5.47. The Morgan fingerprint density at radius 1 is 1.26 bits per heavy atom. The van der Waals surface area contributed by atoms with Crippen molar-refractivity contribution in [2.45, 2.75) is 26.3 Å². The molecule has 2 rings (SSSR count). The third kappa shape index (κ3) is 3.45. The van der Waals surface area contributed by atoms with Gasteiger partial charge >= 0.3 is 0 Å². The molecule has 104 valence electrons. The van der Waals surface area contributed by atoms with Crippen molar-refractivity contribution in [1.82, 2.24) is 14.8 Å². The van der Waals surface area contributed by atoms with E-state index >= 15 is 0 Å². The Hall–Kier alpha value is -1.13. The maximum Gasteiger partial charge on any atom is 0.272 e. The molecule has 0 atom stereocenters. The van der Waals surface area contributed by atoms with Gasteiger partial charge in [-0.15, -0.1) is 0 Å². The molecular formula is C14H20ClN3O. The SMILES string of the molecule is CC(C)(C)N1CCN(C(=O)c2cc(Cl)ccn2)CC1. The fourth-order valence-corrected chi connectivity index (χ4v) is 2.42.